The molecule has 0 bridgehead atoms. The molecule has 0 aromatic heterocycles. The average molecular weight is 266 g/mol. The fourth-order valence-corrected chi connectivity index (χ4v) is 1.55. The van der Waals surface area contributed by atoms with E-state index in [1.807, 2.05) is 6.07 Å². The number of halogens is 2. The highest BCUT2D eigenvalue weighted by Crippen LogP contribution is 2.28. The highest BCUT2D eigenvalue weighted by molar-refractivity contribution is 9.10. The summed E-state index contributed by atoms with van der Waals surface area (Å²) in [5, 5.41) is 9.50. The Hall–Kier alpha value is -0.250. The number of benzene rings is 1. The lowest BCUT2D eigenvalue weighted by atomic mass is 10.1. The largest absolute Gasteiger partial charge is 0.496 e. The Morgan fingerprint density at radius 3 is 2.85 bits per heavy atom. The van der Waals surface area contributed by atoms with Crippen molar-refractivity contribution in [3.05, 3.63) is 28.2 Å². The van der Waals surface area contributed by atoms with Crippen molar-refractivity contribution in [3.63, 3.8) is 0 Å². The van der Waals surface area contributed by atoms with Crippen molar-refractivity contribution in [1.82, 2.24) is 0 Å². The van der Waals surface area contributed by atoms with Crippen molar-refractivity contribution >= 4 is 27.5 Å². The third-order valence-corrected chi connectivity index (χ3v) is 2.49. The van der Waals surface area contributed by atoms with E-state index in [1.54, 1.807) is 19.2 Å². The molecule has 0 radical (unpaired) electrons. The van der Waals surface area contributed by atoms with Crippen LogP contribution in [0.1, 0.15) is 11.7 Å². The fourth-order valence-electron chi connectivity index (χ4n) is 1.04. The lowest BCUT2D eigenvalue weighted by Gasteiger charge is -2.12. The van der Waals surface area contributed by atoms with Gasteiger partial charge in [-0.05, 0) is 12.1 Å². The third kappa shape index (κ3) is 2.59. The molecule has 1 atom stereocenters. The Kier molecular flexibility index (Phi) is 4.03. The average Bonchev–Trinajstić information content (AvgIpc) is 2.16. The highest BCUT2D eigenvalue weighted by atomic mass is 79.9. The number of aliphatic hydroxyl groups excluding tert-OH is 1. The van der Waals surface area contributed by atoms with Gasteiger partial charge in [0, 0.05) is 10.0 Å². The molecule has 0 heterocycles. The van der Waals surface area contributed by atoms with Crippen LogP contribution in [0.2, 0.25) is 0 Å². The molecule has 0 aliphatic heterocycles. The second-order valence-electron chi connectivity index (χ2n) is 2.56. The molecule has 1 aromatic carbocycles. The molecule has 4 heteroatoms. The Balaban J connectivity index is 3.05. The zero-order valence-electron chi connectivity index (χ0n) is 7.13. The van der Waals surface area contributed by atoms with Gasteiger partial charge in [-0.1, -0.05) is 22.0 Å². The predicted octanol–water partition coefficient (Wildman–Crippen LogP) is 2.73. The molecule has 0 saturated carbocycles. The second kappa shape index (κ2) is 4.84. The van der Waals surface area contributed by atoms with Crippen LogP contribution in [0.15, 0.2) is 22.7 Å². The Labute approximate surface area is 90.6 Å². The van der Waals surface area contributed by atoms with Crippen molar-refractivity contribution in [3.8, 4) is 5.75 Å². The normalized spacial score (nSPS) is 12.6. The van der Waals surface area contributed by atoms with Crippen molar-refractivity contribution < 1.29 is 9.84 Å². The van der Waals surface area contributed by atoms with Crippen LogP contribution in [0.4, 0.5) is 0 Å². The molecule has 0 aliphatic rings. The Bertz CT molecular complexity index is 291. The molecule has 0 saturated heterocycles. The molecule has 72 valence electrons. The summed E-state index contributed by atoms with van der Waals surface area (Å²) in [6.07, 6.45) is -0.676. The topological polar surface area (TPSA) is 29.5 Å². The number of hydrogen-bond donors (Lipinski definition) is 1. The van der Waals surface area contributed by atoms with E-state index in [-0.39, 0.29) is 5.88 Å². The summed E-state index contributed by atoms with van der Waals surface area (Å²) in [7, 11) is 1.56. The zero-order valence-corrected chi connectivity index (χ0v) is 9.47. The van der Waals surface area contributed by atoms with E-state index >= 15 is 0 Å². The Morgan fingerprint density at radius 1 is 1.62 bits per heavy atom. The summed E-state index contributed by atoms with van der Waals surface area (Å²) in [4.78, 5) is 0. The number of ether oxygens (including phenoxy) is 1. The minimum absolute atomic E-state index is 0.165. The molecule has 0 fully saturated rings. The molecule has 1 aromatic rings. The number of methoxy groups -OCH3 is 1. The smallest absolute Gasteiger partial charge is 0.125 e. The summed E-state index contributed by atoms with van der Waals surface area (Å²) in [6.45, 7) is 0. The van der Waals surface area contributed by atoms with Crippen LogP contribution in [0.3, 0.4) is 0 Å². The number of hydrogen-bond acceptors (Lipinski definition) is 2. The van der Waals surface area contributed by atoms with Gasteiger partial charge in [0.15, 0.2) is 0 Å². The van der Waals surface area contributed by atoms with Crippen molar-refractivity contribution in [2.45, 2.75) is 6.10 Å². The van der Waals surface area contributed by atoms with Crippen LogP contribution < -0.4 is 4.74 Å². The van der Waals surface area contributed by atoms with Gasteiger partial charge in [-0.25, -0.2) is 0 Å². The summed E-state index contributed by atoms with van der Waals surface area (Å²) >= 11 is 8.85. The summed E-state index contributed by atoms with van der Waals surface area (Å²) < 4.78 is 6.01. The first-order chi connectivity index (χ1) is 6.19. The van der Waals surface area contributed by atoms with Crippen LogP contribution in [0, 0.1) is 0 Å². The lowest BCUT2D eigenvalue weighted by Crippen LogP contribution is -2.01. The van der Waals surface area contributed by atoms with Crippen LogP contribution >= 0.6 is 27.5 Å². The first kappa shape index (κ1) is 10.8. The standard InChI is InChI=1S/C9H10BrClO2/c1-13-9-4-6(10)2-3-7(9)8(12)5-11/h2-4,8,12H,5H2,1H3/t8-/m0/s1. The maximum atomic E-state index is 9.50. The Morgan fingerprint density at radius 2 is 2.31 bits per heavy atom. The molecule has 0 aliphatic carbocycles. The minimum atomic E-state index is -0.676. The van der Waals surface area contributed by atoms with E-state index in [4.69, 9.17) is 16.3 Å². The van der Waals surface area contributed by atoms with Gasteiger partial charge < -0.3 is 9.84 Å². The van der Waals surface area contributed by atoms with Crippen LogP contribution in [-0.4, -0.2) is 18.1 Å². The number of alkyl halides is 1. The molecule has 1 N–H and O–H groups in total. The van der Waals surface area contributed by atoms with Gasteiger partial charge in [0.1, 0.15) is 5.75 Å². The van der Waals surface area contributed by atoms with Gasteiger partial charge >= 0.3 is 0 Å². The SMILES string of the molecule is COc1cc(Br)ccc1[C@@H](O)CCl. The number of rotatable bonds is 3. The quantitative estimate of drug-likeness (QED) is 0.852. The van der Waals surface area contributed by atoms with E-state index in [2.05, 4.69) is 15.9 Å². The highest BCUT2D eigenvalue weighted by Gasteiger charge is 2.11. The molecule has 0 spiro atoms. The first-order valence-corrected chi connectivity index (χ1v) is 5.09. The molecular weight excluding hydrogens is 255 g/mol. The van der Waals surface area contributed by atoms with Gasteiger partial charge in [-0.3, -0.25) is 0 Å². The molecule has 0 amide bonds. The van der Waals surface area contributed by atoms with Crippen molar-refractivity contribution in [2.75, 3.05) is 13.0 Å². The van der Waals surface area contributed by atoms with Gasteiger partial charge in [0.05, 0.1) is 19.1 Å². The predicted molar refractivity (Wildman–Crippen MR) is 56.4 cm³/mol. The first-order valence-electron chi connectivity index (χ1n) is 3.76. The molecular formula is C9H10BrClO2. The van der Waals surface area contributed by atoms with Gasteiger partial charge in [-0.2, -0.15) is 0 Å². The molecule has 0 unspecified atom stereocenters. The van der Waals surface area contributed by atoms with E-state index in [0.29, 0.717) is 11.3 Å². The molecule has 1 rings (SSSR count). The van der Waals surface area contributed by atoms with Gasteiger partial charge in [-0.15, -0.1) is 11.6 Å². The van der Waals surface area contributed by atoms with E-state index < -0.39 is 6.10 Å². The zero-order chi connectivity index (χ0) is 9.84. The molecule has 2 nitrogen and oxygen atoms in total. The fraction of sp³-hybridized carbons (Fsp3) is 0.333. The van der Waals surface area contributed by atoms with E-state index in [1.165, 1.54) is 0 Å². The minimum Gasteiger partial charge on any atom is -0.496 e. The van der Waals surface area contributed by atoms with Crippen molar-refractivity contribution in [2.24, 2.45) is 0 Å². The molecule has 13 heavy (non-hydrogen) atoms. The van der Waals surface area contributed by atoms with Crippen LogP contribution in [0.5, 0.6) is 5.75 Å². The summed E-state index contributed by atoms with van der Waals surface area (Å²) in [5.41, 5.74) is 0.709. The van der Waals surface area contributed by atoms with Gasteiger partial charge in [0.2, 0.25) is 0 Å². The van der Waals surface area contributed by atoms with Gasteiger partial charge in [0.25, 0.3) is 0 Å². The number of aliphatic hydroxyl groups is 1. The van der Waals surface area contributed by atoms with Crippen LogP contribution in [0.25, 0.3) is 0 Å². The van der Waals surface area contributed by atoms with Crippen molar-refractivity contribution in [1.29, 1.82) is 0 Å². The summed E-state index contributed by atoms with van der Waals surface area (Å²) in [6, 6.07) is 5.43. The monoisotopic (exact) mass is 264 g/mol. The summed E-state index contributed by atoms with van der Waals surface area (Å²) in [5.74, 6) is 0.806. The maximum absolute atomic E-state index is 9.50. The second-order valence-corrected chi connectivity index (χ2v) is 3.78. The van der Waals surface area contributed by atoms with E-state index in [0.717, 1.165) is 4.47 Å². The van der Waals surface area contributed by atoms with E-state index in [9.17, 15) is 5.11 Å². The maximum Gasteiger partial charge on any atom is 0.125 e. The van der Waals surface area contributed by atoms with Crippen LogP contribution in [-0.2, 0) is 0 Å². The third-order valence-electron chi connectivity index (χ3n) is 1.70. The lowest BCUT2D eigenvalue weighted by molar-refractivity contribution is 0.197.